The molecule has 4 nitrogen and oxygen atoms in total. The van der Waals surface area contributed by atoms with Crippen molar-refractivity contribution in [3.63, 3.8) is 0 Å². The number of aryl methyl sites for hydroxylation is 3. The number of aromatic nitrogens is 1. The van der Waals surface area contributed by atoms with E-state index in [1.54, 1.807) is 0 Å². The van der Waals surface area contributed by atoms with E-state index in [-0.39, 0.29) is 11.9 Å². The first-order valence-electron chi connectivity index (χ1n) is 10.4. The average Bonchev–Trinajstić information content (AvgIpc) is 3.36. The maximum Gasteiger partial charge on any atom is 0.241 e. The zero-order valence-corrected chi connectivity index (χ0v) is 16.8. The summed E-state index contributed by atoms with van der Waals surface area (Å²) in [5, 5.41) is 4.43. The number of likely N-dealkylation sites (tertiary alicyclic amines) is 1. The van der Waals surface area contributed by atoms with E-state index in [1.807, 2.05) is 29.5 Å². The van der Waals surface area contributed by atoms with Crippen LogP contribution in [0, 0.1) is 0 Å². The zero-order chi connectivity index (χ0) is 18.5. The van der Waals surface area contributed by atoms with E-state index < -0.39 is 0 Å². The third-order valence-corrected chi connectivity index (χ3v) is 6.84. The van der Waals surface area contributed by atoms with Crippen LogP contribution in [0.4, 0.5) is 0 Å². The van der Waals surface area contributed by atoms with Gasteiger partial charge in [-0.25, -0.2) is 4.98 Å². The number of fused-ring (bicyclic) bond motifs is 1. The number of hydrogen-bond acceptors (Lipinski definition) is 4. The number of rotatable bonds is 7. The Morgan fingerprint density at radius 2 is 1.89 bits per heavy atom. The highest BCUT2D eigenvalue weighted by Gasteiger charge is 2.29. The summed E-state index contributed by atoms with van der Waals surface area (Å²) in [5.41, 5.74) is 2.44. The molecular weight excluding hydrogens is 354 g/mol. The van der Waals surface area contributed by atoms with Crippen molar-refractivity contribution in [2.24, 2.45) is 0 Å². The molecule has 1 unspecified atom stereocenters. The number of benzene rings is 1. The smallest absolute Gasteiger partial charge is 0.241 e. The van der Waals surface area contributed by atoms with E-state index in [0.717, 1.165) is 44.5 Å². The Hall–Kier alpha value is -1.72. The molecule has 5 heteroatoms. The molecule has 2 aliphatic rings. The monoisotopic (exact) mass is 383 g/mol. The molecular formula is C22H29N3OS. The lowest BCUT2D eigenvalue weighted by Gasteiger charge is -2.27. The standard InChI is InChI=1S/C22H29N3OS/c26-22(21(25-15-6-7-16-25)17-9-2-1-3-10-17)23-14-8-13-20-24-18-11-4-5-12-19(18)27-20/h1-3,9-10,21H,4-8,11-16H2,(H,23,26). The van der Waals surface area contributed by atoms with Crippen molar-refractivity contribution in [1.29, 1.82) is 0 Å². The van der Waals surface area contributed by atoms with Crippen LogP contribution >= 0.6 is 11.3 Å². The van der Waals surface area contributed by atoms with Gasteiger partial charge in [0.05, 0.1) is 10.7 Å². The summed E-state index contributed by atoms with van der Waals surface area (Å²) in [4.78, 5) is 21.6. The summed E-state index contributed by atoms with van der Waals surface area (Å²) in [6.45, 7) is 2.75. The molecule has 1 fully saturated rings. The van der Waals surface area contributed by atoms with Crippen LogP contribution in [0.1, 0.15) is 59.3 Å². The molecule has 4 rings (SSSR count). The third kappa shape index (κ3) is 4.58. The SMILES string of the molecule is O=C(NCCCc1nc2c(s1)CCCC2)C(c1ccccc1)N1CCCC1. The summed E-state index contributed by atoms with van der Waals surface area (Å²) in [7, 11) is 0. The second kappa shape index (κ2) is 8.98. The lowest BCUT2D eigenvalue weighted by atomic mass is 10.0. The van der Waals surface area contributed by atoms with E-state index in [9.17, 15) is 4.79 Å². The van der Waals surface area contributed by atoms with Crippen molar-refractivity contribution in [3.05, 3.63) is 51.5 Å². The molecule has 1 aromatic heterocycles. The van der Waals surface area contributed by atoms with Gasteiger partial charge in [-0.05, 0) is 63.6 Å². The van der Waals surface area contributed by atoms with E-state index in [0.29, 0.717) is 0 Å². The van der Waals surface area contributed by atoms with Gasteiger partial charge in [0.25, 0.3) is 0 Å². The van der Waals surface area contributed by atoms with Gasteiger partial charge in [-0.1, -0.05) is 30.3 Å². The number of nitrogens with zero attached hydrogens (tertiary/aromatic N) is 2. The molecule has 1 saturated heterocycles. The second-order valence-corrected chi connectivity index (χ2v) is 8.80. The van der Waals surface area contributed by atoms with E-state index in [4.69, 9.17) is 4.98 Å². The molecule has 1 N–H and O–H groups in total. The van der Waals surface area contributed by atoms with Crippen molar-refractivity contribution in [2.45, 2.75) is 57.4 Å². The molecule has 1 aliphatic carbocycles. The summed E-state index contributed by atoms with van der Waals surface area (Å²) in [6, 6.07) is 10.0. The van der Waals surface area contributed by atoms with Crippen molar-refractivity contribution in [3.8, 4) is 0 Å². The van der Waals surface area contributed by atoms with Crippen LogP contribution in [0.3, 0.4) is 0 Å². The van der Waals surface area contributed by atoms with Crippen LogP contribution in [-0.4, -0.2) is 35.4 Å². The molecule has 2 heterocycles. The average molecular weight is 384 g/mol. The third-order valence-electron chi connectivity index (χ3n) is 5.63. The van der Waals surface area contributed by atoms with Crippen LogP contribution in [0.15, 0.2) is 30.3 Å². The number of carbonyl (C=O) groups is 1. The highest BCUT2D eigenvalue weighted by Crippen LogP contribution is 2.27. The van der Waals surface area contributed by atoms with Gasteiger partial charge in [0.1, 0.15) is 6.04 Å². The highest BCUT2D eigenvalue weighted by molar-refractivity contribution is 7.11. The minimum atomic E-state index is -0.152. The summed E-state index contributed by atoms with van der Waals surface area (Å²) < 4.78 is 0. The molecule has 1 aromatic carbocycles. The lowest BCUT2D eigenvalue weighted by Crippen LogP contribution is -2.39. The molecule has 1 atom stereocenters. The van der Waals surface area contributed by atoms with Crippen molar-refractivity contribution < 1.29 is 4.79 Å². The summed E-state index contributed by atoms with van der Waals surface area (Å²) in [6.07, 6.45) is 9.25. The minimum absolute atomic E-state index is 0.140. The van der Waals surface area contributed by atoms with Gasteiger partial charge < -0.3 is 5.32 Å². The Kier molecular flexibility index (Phi) is 6.20. The molecule has 2 aromatic rings. The molecule has 0 bridgehead atoms. The maximum atomic E-state index is 12.9. The maximum absolute atomic E-state index is 12.9. The molecule has 1 aliphatic heterocycles. The number of thiazole rings is 1. The van der Waals surface area contributed by atoms with Gasteiger partial charge in [0, 0.05) is 17.8 Å². The largest absolute Gasteiger partial charge is 0.354 e. The van der Waals surface area contributed by atoms with Crippen LogP contribution in [0.25, 0.3) is 0 Å². The van der Waals surface area contributed by atoms with Gasteiger partial charge in [-0.15, -0.1) is 11.3 Å². The van der Waals surface area contributed by atoms with Crippen LogP contribution in [0.5, 0.6) is 0 Å². The lowest BCUT2D eigenvalue weighted by molar-refractivity contribution is -0.126. The Labute approximate surface area is 166 Å². The quantitative estimate of drug-likeness (QED) is 0.738. The number of amides is 1. The van der Waals surface area contributed by atoms with Gasteiger partial charge in [-0.2, -0.15) is 0 Å². The first kappa shape index (κ1) is 18.6. The van der Waals surface area contributed by atoms with Crippen LogP contribution in [-0.2, 0) is 24.1 Å². The second-order valence-electron chi connectivity index (χ2n) is 7.64. The molecule has 144 valence electrons. The first-order valence-corrected chi connectivity index (χ1v) is 11.2. The fourth-order valence-electron chi connectivity index (χ4n) is 4.22. The molecule has 1 amide bonds. The Morgan fingerprint density at radius 1 is 1.11 bits per heavy atom. The first-order chi connectivity index (χ1) is 13.3. The van der Waals surface area contributed by atoms with Gasteiger partial charge in [0.2, 0.25) is 5.91 Å². The Bertz CT molecular complexity index is 729. The van der Waals surface area contributed by atoms with E-state index in [2.05, 4.69) is 22.3 Å². The van der Waals surface area contributed by atoms with Crippen molar-refractivity contribution in [2.75, 3.05) is 19.6 Å². The molecule has 0 saturated carbocycles. The van der Waals surface area contributed by atoms with Gasteiger partial charge in [-0.3, -0.25) is 9.69 Å². The topological polar surface area (TPSA) is 45.2 Å². The van der Waals surface area contributed by atoms with Crippen molar-refractivity contribution >= 4 is 17.2 Å². The van der Waals surface area contributed by atoms with E-state index >= 15 is 0 Å². The Morgan fingerprint density at radius 3 is 2.67 bits per heavy atom. The number of nitrogens with one attached hydrogen (secondary N) is 1. The fourth-order valence-corrected chi connectivity index (χ4v) is 5.42. The predicted molar refractivity (Wildman–Crippen MR) is 110 cm³/mol. The minimum Gasteiger partial charge on any atom is -0.354 e. The van der Waals surface area contributed by atoms with Gasteiger partial charge in [0.15, 0.2) is 0 Å². The molecule has 0 radical (unpaired) electrons. The molecule has 27 heavy (non-hydrogen) atoms. The Balaban J connectivity index is 1.31. The summed E-state index contributed by atoms with van der Waals surface area (Å²) >= 11 is 1.89. The normalized spacial score (nSPS) is 18.2. The highest BCUT2D eigenvalue weighted by atomic mass is 32.1. The van der Waals surface area contributed by atoms with Crippen LogP contribution < -0.4 is 5.32 Å². The van der Waals surface area contributed by atoms with Crippen LogP contribution in [0.2, 0.25) is 0 Å². The number of carbonyl (C=O) groups excluding carboxylic acids is 1. The summed E-state index contributed by atoms with van der Waals surface area (Å²) in [5.74, 6) is 0.140. The van der Waals surface area contributed by atoms with Gasteiger partial charge >= 0.3 is 0 Å². The number of hydrogen-bond donors (Lipinski definition) is 1. The zero-order valence-electron chi connectivity index (χ0n) is 16.0. The van der Waals surface area contributed by atoms with E-state index in [1.165, 1.54) is 47.7 Å². The fraction of sp³-hybridized carbons (Fsp3) is 0.545. The molecule has 0 spiro atoms. The van der Waals surface area contributed by atoms with Crippen molar-refractivity contribution in [1.82, 2.24) is 15.2 Å². The predicted octanol–water partition coefficient (Wildman–Crippen LogP) is 3.91.